The lowest BCUT2D eigenvalue weighted by Crippen LogP contribution is -2.52. The van der Waals surface area contributed by atoms with Gasteiger partial charge in [0.25, 0.3) is 0 Å². The highest BCUT2D eigenvalue weighted by atomic mass is 19.4. The summed E-state index contributed by atoms with van der Waals surface area (Å²) in [4.78, 5) is 18.3. The lowest BCUT2D eigenvalue weighted by atomic mass is 9.84. The number of nitrogens with zero attached hydrogens (tertiary/aromatic N) is 3. The first-order valence-electron chi connectivity index (χ1n) is 11.3. The van der Waals surface area contributed by atoms with Gasteiger partial charge in [-0.25, -0.2) is 0 Å². The summed E-state index contributed by atoms with van der Waals surface area (Å²) < 4.78 is 48.1. The Labute approximate surface area is 192 Å². The summed E-state index contributed by atoms with van der Waals surface area (Å²) in [6.07, 6.45) is -4.83. The van der Waals surface area contributed by atoms with Crippen molar-refractivity contribution >= 4 is 11.6 Å². The van der Waals surface area contributed by atoms with Gasteiger partial charge in [-0.05, 0) is 36.2 Å². The number of likely N-dealkylation sites (tertiary alicyclic amines) is 1. The fraction of sp³-hybridized carbons (Fsp3) is 0.480. The molecule has 2 saturated heterocycles. The highest BCUT2D eigenvalue weighted by Gasteiger charge is 2.63. The minimum Gasteiger partial charge on any atom is -0.378 e. The molecule has 178 valence electrons. The zero-order valence-electron chi connectivity index (χ0n) is 18.9. The molecule has 2 aliphatic rings. The van der Waals surface area contributed by atoms with E-state index in [1.54, 1.807) is 4.90 Å². The van der Waals surface area contributed by atoms with E-state index >= 15 is 0 Å². The van der Waals surface area contributed by atoms with Crippen molar-refractivity contribution in [1.82, 2.24) is 9.80 Å². The Bertz CT molecular complexity index is 930. The molecule has 4 rings (SSSR count). The number of carbonyl (C=O) groups excluding carboxylic acids is 1. The van der Waals surface area contributed by atoms with Gasteiger partial charge < -0.3 is 14.5 Å². The van der Waals surface area contributed by atoms with Crippen LogP contribution in [0.25, 0.3) is 0 Å². The number of alkyl halides is 3. The summed E-state index contributed by atoms with van der Waals surface area (Å²) >= 11 is 0. The van der Waals surface area contributed by atoms with Crippen molar-refractivity contribution in [3.05, 3.63) is 65.7 Å². The van der Waals surface area contributed by atoms with Crippen molar-refractivity contribution in [2.45, 2.75) is 25.7 Å². The van der Waals surface area contributed by atoms with Gasteiger partial charge in [-0.15, -0.1) is 0 Å². The van der Waals surface area contributed by atoms with E-state index < -0.39 is 17.5 Å². The smallest absolute Gasteiger partial charge is 0.378 e. The van der Waals surface area contributed by atoms with E-state index in [0.717, 1.165) is 29.9 Å². The molecule has 2 aromatic carbocycles. The van der Waals surface area contributed by atoms with E-state index in [0.29, 0.717) is 19.8 Å². The molecule has 33 heavy (non-hydrogen) atoms. The van der Waals surface area contributed by atoms with Crippen LogP contribution in [0.1, 0.15) is 17.5 Å². The normalized spacial score (nSPS) is 21.9. The Balaban J connectivity index is 1.43. The standard InChI is InChI=1S/C25H30F3N3O2/c1-29(17-21-7-9-22(10-8-21)31-13-15-33-16-14-31)23(32)24(25(26,27)28)11-12-30(19-24)18-20-5-3-2-4-6-20/h2-10H,11-19H2,1H3. The summed E-state index contributed by atoms with van der Waals surface area (Å²) in [7, 11) is 1.46. The van der Waals surface area contributed by atoms with Crippen LogP contribution >= 0.6 is 0 Å². The zero-order chi connectivity index (χ0) is 23.5. The van der Waals surface area contributed by atoms with Gasteiger partial charge in [0.05, 0.1) is 13.2 Å². The minimum absolute atomic E-state index is 0.138. The molecule has 0 spiro atoms. The summed E-state index contributed by atoms with van der Waals surface area (Å²) in [5.74, 6) is -0.859. The number of halogens is 3. The predicted molar refractivity (Wildman–Crippen MR) is 121 cm³/mol. The Morgan fingerprint density at radius 2 is 1.67 bits per heavy atom. The third-order valence-electron chi connectivity index (χ3n) is 6.63. The number of carbonyl (C=O) groups is 1. The predicted octanol–water partition coefficient (Wildman–Crippen LogP) is 3.94. The van der Waals surface area contributed by atoms with E-state index in [9.17, 15) is 18.0 Å². The molecule has 0 aromatic heterocycles. The molecule has 1 amide bonds. The molecule has 0 radical (unpaired) electrons. The number of benzene rings is 2. The molecule has 2 fully saturated rings. The molecule has 8 heteroatoms. The average molecular weight is 462 g/mol. The van der Waals surface area contributed by atoms with Crippen molar-refractivity contribution in [2.24, 2.45) is 5.41 Å². The SMILES string of the molecule is CN(Cc1ccc(N2CCOCC2)cc1)C(=O)C1(C(F)(F)F)CCN(Cc2ccccc2)C1. The molecule has 0 bridgehead atoms. The number of rotatable bonds is 6. The van der Waals surface area contributed by atoms with E-state index in [1.807, 2.05) is 54.6 Å². The number of amides is 1. The zero-order valence-corrected chi connectivity index (χ0v) is 18.9. The molecule has 0 aliphatic carbocycles. The summed E-state index contributed by atoms with van der Waals surface area (Å²) in [5, 5.41) is 0. The van der Waals surface area contributed by atoms with Crippen LogP contribution in [0, 0.1) is 5.41 Å². The lowest BCUT2D eigenvalue weighted by molar-refractivity contribution is -0.223. The number of ether oxygens (including phenoxy) is 1. The number of hydrogen-bond acceptors (Lipinski definition) is 4. The van der Waals surface area contributed by atoms with Crippen LogP contribution in [0.15, 0.2) is 54.6 Å². The van der Waals surface area contributed by atoms with Crippen LogP contribution in [-0.4, -0.2) is 68.3 Å². The number of anilines is 1. The molecule has 5 nitrogen and oxygen atoms in total. The molecule has 2 aromatic rings. The quantitative estimate of drug-likeness (QED) is 0.653. The highest BCUT2D eigenvalue weighted by Crippen LogP contribution is 2.47. The van der Waals surface area contributed by atoms with Crippen LogP contribution in [0.2, 0.25) is 0 Å². The van der Waals surface area contributed by atoms with Crippen molar-refractivity contribution in [1.29, 1.82) is 0 Å². The fourth-order valence-corrected chi connectivity index (χ4v) is 4.74. The number of morpholine rings is 1. The Kier molecular flexibility index (Phi) is 6.95. The monoisotopic (exact) mass is 461 g/mol. The van der Waals surface area contributed by atoms with Crippen molar-refractivity contribution in [3.63, 3.8) is 0 Å². The van der Waals surface area contributed by atoms with Crippen LogP contribution in [0.4, 0.5) is 18.9 Å². The van der Waals surface area contributed by atoms with Gasteiger partial charge in [0.15, 0.2) is 5.41 Å². The maximum atomic E-state index is 14.2. The van der Waals surface area contributed by atoms with Crippen LogP contribution < -0.4 is 4.90 Å². The van der Waals surface area contributed by atoms with Crippen LogP contribution in [0.5, 0.6) is 0 Å². The van der Waals surface area contributed by atoms with Gasteiger partial charge in [0.1, 0.15) is 0 Å². The first-order valence-corrected chi connectivity index (χ1v) is 11.3. The summed E-state index contributed by atoms with van der Waals surface area (Å²) in [6.45, 7) is 3.44. The third-order valence-corrected chi connectivity index (χ3v) is 6.63. The van der Waals surface area contributed by atoms with E-state index in [2.05, 4.69) is 4.90 Å². The van der Waals surface area contributed by atoms with Crippen molar-refractivity contribution < 1.29 is 22.7 Å². The Morgan fingerprint density at radius 1 is 1.00 bits per heavy atom. The van der Waals surface area contributed by atoms with E-state index in [1.165, 1.54) is 11.9 Å². The molecule has 1 atom stereocenters. The second-order valence-corrected chi connectivity index (χ2v) is 8.95. The second kappa shape index (κ2) is 9.73. The van der Waals surface area contributed by atoms with Crippen molar-refractivity contribution in [2.75, 3.05) is 51.3 Å². The van der Waals surface area contributed by atoms with Gasteiger partial charge in [0, 0.05) is 45.5 Å². The fourth-order valence-electron chi connectivity index (χ4n) is 4.74. The first-order chi connectivity index (χ1) is 15.8. The highest BCUT2D eigenvalue weighted by molar-refractivity contribution is 5.84. The van der Waals surface area contributed by atoms with E-state index in [4.69, 9.17) is 4.74 Å². The minimum atomic E-state index is -4.61. The molecular weight excluding hydrogens is 431 g/mol. The Hall–Kier alpha value is -2.58. The Morgan fingerprint density at radius 3 is 2.30 bits per heavy atom. The second-order valence-electron chi connectivity index (χ2n) is 8.95. The first kappa shape index (κ1) is 23.6. The van der Waals surface area contributed by atoms with E-state index in [-0.39, 0.29) is 26.1 Å². The van der Waals surface area contributed by atoms with Gasteiger partial charge in [-0.2, -0.15) is 13.2 Å². The van der Waals surface area contributed by atoms with Gasteiger partial charge in [-0.1, -0.05) is 42.5 Å². The molecule has 2 heterocycles. The molecule has 0 saturated carbocycles. The van der Waals surface area contributed by atoms with Crippen molar-refractivity contribution in [3.8, 4) is 0 Å². The van der Waals surface area contributed by atoms with Gasteiger partial charge >= 0.3 is 6.18 Å². The van der Waals surface area contributed by atoms with Gasteiger partial charge in [0.2, 0.25) is 5.91 Å². The molecule has 2 aliphatic heterocycles. The van der Waals surface area contributed by atoms with Gasteiger partial charge in [-0.3, -0.25) is 9.69 Å². The molecule has 1 unspecified atom stereocenters. The topological polar surface area (TPSA) is 36.0 Å². The average Bonchev–Trinajstić information content (AvgIpc) is 3.25. The largest absolute Gasteiger partial charge is 0.404 e. The third kappa shape index (κ3) is 5.17. The van der Waals surface area contributed by atoms with Crippen LogP contribution in [0.3, 0.4) is 0 Å². The molecular formula is C25H30F3N3O2. The summed E-state index contributed by atoms with van der Waals surface area (Å²) in [6, 6.07) is 17.1. The lowest BCUT2D eigenvalue weighted by Gasteiger charge is -2.34. The maximum Gasteiger partial charge on any atom is 0.404 e. The van der Waals surface area contributed by atoms with Crippen LogP contribution in [-0.2, 0) is 22.6 Å². The summed E-state index contributed by atoms with van der Waals surface area (Å²) in [5.41, 5.74) is 0.427. The molecule has 0 N–H and O–H groups in total. The number of hydrogen-bond donors (Lipinski definition) is 0. The maximum absolute atomic E-state index is 14.2.